The van der Waals surface area contributed by atoms with E-state index in [1.54, 1.807) is 7.11 Å². The lowest BCUT2D eigenvalue weighted by Gasteiger charge is -2.31. The number of carbonyl (C=O) groups excluding carboxylic acids is 1. The summed E-state index contributed by atoms with van der Waals surface area (Å²) in [6.07, 6.45) is 4.29. The minimum atomic E-state index is -0.562. The van der Waals surface area contributed by atoms with Crippen LogP contribution in [0.25, 0.3) is 0 Å². The van der Waals surface area contributed by atoms with Crippen LogP contribution in [0.5, 0.6) is 0 Å². The zero-order chi connectivity index (χ0) is 15.5. The van der Waals surface area contributed by atoms with Gasteiger partial charge in [-0.15, -0.1) is 0 Å². The van der Waals surface area contributed by atoms with Gasteiger partial charge in [0.1, 0.15) is 0 Å². The van der Waals surface area contributed by atoms with E-state index < -0.39 is 6.10 Å². The second kappa shape index (κ2) is 6.67. The summed E-state index contributed by atoms with van der Waals surface area (Å²) in [6.45, 7) is 0. The molecule has 1 fully saturated rings. The number of aliphatic hydroxyl groups is 1. The Hall–Kier alpha value is -1.59. The second-order valence-corrected chi connectivity index (χ2v) is 6.23. The molecule has 0 saturated heterocycles. The maximum absolute atomic E-state index is 12.3. The average Bonchev–Trinajstić information content (AvgIpc) is 2.84. The Morgan fingerprint density at radius 2 is 2.00 bits per heavy atom. The van der Waals surface area contributed by atoms with Crippen LogP contribution in [-0.4, -0.2) is 36.5 Å². The van der Waals surface area contributed by atoms with Gasteiger partial charge in [-0.3, -0.25) is 0 Å². The molecule has 1 aromatic rings. The Morgan fingerprint density at radius 1 is 1.23 bits per heavy atom. The topological polar surface area (TPSA) is 70.6 Å². The predicted octanol–water partition coefficient (Wildman–Crippen LogP) is 1.90. The summed E-state index contributed by atoms with van der Waals surface area (Å²) in [6, 6.07) is 7.35. The number of hydrogen-bond acceptors (Lipinski definition) is 3. The smallest absolute Gasteiger partial charge is 0.315 e. The average molecular weight is 304 g/mol. The van der Waals surface area contributed by atoms with Crippen LogP contribution in [-0.2, 0) is 11.2 Å². The van der Waals surface area contributed by atoms with E-state index in [2.05, 4.69) is 10.6 Å². The number of ether oxygens (including phenoxy) is 1. The van der Waals surface area contributed by atoms with Crippen molar-refractivity contribution in [3.05, 3.63) is 35.4 Å². The van der Waals surface area contributed by atoms with Gasteiger partial charge in [-0.2, -0.15) is 0 Å². The molecule has 1 saturated carbocycles. The third kappa shape index (κ3) is 3.10. The highest BCUT2D eigenvalue weighted by molar-refractivity contribution is 5.75. The van der Waals surface area contributed by atoms with Crippen molar-refractivity contribution in [2.24, 2.45) is 0 Å². The van der Waals surface area contributed by atoms with Gasteiger partial charge < -0.3 is 20.5 Å². The monoisotopic (exact) mass is 304 g/mol. The van der Waals surface area contributed by atoms with Crippen LogP contribution in [0.2, 0.25) is 0 Å². The van der Waals surface area contributed by atoms with E-state index in [1.807, 2.05) is 24.3 Å². The molecule has 2 amide bonds. The zero-order valence-electron chi connectivity index (χ0n) is 12.9. The van der Waals surface area contributed by atoms with E-state index >= 15 is 0 Å². The van der Waals surface area contributed by atoms with Crippen LogP contribution < -0.4 is 10.6 Å². The number of fused-ring (bicyclic) bond motifs is 1. The summed E-state index contributed by atoms with van der Waals surface area (Å²) >= 11 is 0. The number of aliphatic hydroxyl groups excluding tert-OH is 1. The van der Waals surface area contributed by atoms with Gasteiger partial charge in [0.25, 0.3) is 0 Å². The van der Waals surface area contributed by atoms with E-state index in [0.717, 1.165) is 36.8 Å². The van der Waals surface area contributed by atoms with Gasteiger partial charge >= 0.3 is 6.03 Å². The highest BCUT2D eigenvalue weighted by atomic mass is 16.5. The zero-order valence-corrected chi connectivity index (χ0v) is 12.9. The molecule has 0 bridgehead atoms. The van der Waals surface area contributed by atoms with Gasteiger partial charge in [0.15, 0.2) is 0 Å². The van der Waals surface area contributed by atoms with Crippen molar-refractivity contribution in [3.8, 4) is 0 Å². The SMILES string of the molecule is COC1CCCCC1NC(=O)N[C@@H]1c2ccccc2C[C@@H]1O. The molecule has 0 radical (unpaired) electrons. The molecule has 0 aromatic heterocycles. The fourth-order valence-electron chi connectivity index (χ4n) is 3.64. The molecule has 1 aromatic carbocycles. The van der Waals surface area contributed by atoms with Gasteiger partial charge in [0, 0.05) is 13.5 Å². The number of nitrogens with one attached hydrogen (secondary N) is 2. The van der Waals surface area contributed by atoms with E-state index in [0.29, 0.717) is 6.42 Å². The molecular weight excluding hydrogens is 280 g/mol. The third-order valence-corrected chi connectivity index (χ3v) is 4.81. The summed E-state index contributed by atoms with van der Waals surface area (Å²) in [5.41, 5.74) is 2.12. The standard InChI is InChI=1S/C17H24N2O3/c1-22-15-9-5-4-8-13(15)18-17(21)19-16-12-7-3-2-6-11(12)10-14(16)20/h2-3,6-7,13-16,20H,4-5,8-10H2,1H3,(H2,18,19,21)/t13?,14-,15?,16+/m0/s1. The first-order valence-corrected chi connectivity index (χ1v) is 8.04. The van der Waals surface area contributed by atoms with E-state index in [9.17, 15) is 9.90 Å². The molecule has 22 heavy (non-hydrogen) atoms. The number of urea groups is 1. The molecule has 2 unspecified atom stereocenters. The fraction of sp³-hybridized carbons (Fsp3) is 0.588. The number of amides is 2. The molecule has 3 rings (SSSR count). The Bertz CT molecular complexity index is 534. The summed E-state index contributed by atoms with van der Waals surface area (Å²) in [5, 5.41) is 16.1. The molecule has 3 N–H and O–H groups in total. The lowest BCUT2D eigenvalue weighted by atomic mass is 9.92. The lowest BCUT2D eigenvalue weighted by Crippen LogP contribution is -2.51. The first-order valence-electron chi connectivity index (χ1n) is 8.04. The number of benzene rings is 1. The molecule has 0 spiro atoms. The molecule has 0 aliphatic heterocycles. The van der Waals surface area contributed by atoms with Crippen LogP contribution in [0, 0.1) is 0 Å². The van der Waals surface area contributed by atoms with Crippen molar-refractivity contribution in [1.82, 2.24) is 10.6 Å². The van der Waals surface area contributed by atoms with Crippen molar-refractivity contribution in [2.75, 3.05) is 7.11 Å². The fourth-order valence-corrected chi connectivity index (χ4v) is 3.64. The molecule has 5 heteroatoms. The number of rotatable bonds is 3. The van der Waals surface area contributed by atoms with Gasteiger partial charge in [-0.25, -0.2) is 4.79 Å². The Labute approximate surface area is 131 Å². The first-order chi connectivity index (χ1) is 10.7. The van der Waals surface area contributed by atoms with Gasteiger partial charge in [0.2, 0.25) is 0 Å². The first kappa shape index (κ1) is 15.3. The van der Waals surface area contributed by atoms with Gasteiger partial charge in [-0.1, -0.05) is 37.1 Å². The number of methoxy groups -OCH3 is 1. The van der Waals surface area contributed by atoms with Crippen molar-refractivity contribution < 1.29 is 14.6 Å². The van der Waals surface area contributed by atoms with Crippen molar-refractivity contribution in [3.63, 3.8) is 0 Å². The van der Waals surface area contributed by atoms with Gasteiger partial charge in [0.05, 0.1) is 24.3 Å². The van der Waals surface area contributed by atoms with Crippen LogP contribution in [0.15, 0.2) is 24.3 Å². The summed E-state index contributed by atoms with van der Waals surface area (Å²) in [5.74, 6) is 0. The summed E-state index contributed by atoms with van der Waals surface area (Å²) in [4.78, 5) is 12.3. The number of hydrogen-bond donors (Lipinski definition) is 3. The van der Waals surface area contributed by atoms with Crippen LogP contribution in [0.3, 0.4) is 0 Å². The molecule has 2 aliphatic carbocycles. The minimum absolute atomic E-state index is 0.0486. The number of carbonyl (C=O) groups is 1. The molecule has 0 heterocycles. The van der Waals surface area contributed by atoms with E-state index in [1.165, 1.54) is 0 Å². The second-order valence-electron chi connectivity index (χ2n) is 6.23. The normalized spacial score (nSPS) is 30.6. The molecule has 5 nitrogen and oxygen atoms in total. The maximum Gasteiger partial charge on any atom is 0.315 e. The molecule has 4 atom stereocenters. The van der Waals surface area contributed by atoms with Crippen molar-refractivity contribution in [1.29, 1.82) is 0 Å². The Balaban J connectivity index is 1.62. The molecular formula is C17H24N2O3. The van der Waals surface area contributed by atoms with Crippen LogP contribution in [0.1, 0.15) is 42.9 Å². The lowest BCUT2D eigenvalue weighted by molar-refractivity contribution is 0.0446. The van der Waals surface area contributed by atoms with E-state index in [4.69, 9.17) is 4.74 Å². The third-order valence-electron chi connectivity index (χ3n) is 4.81. The van der Waals surface area contributed by atoms with Crippen LogP contribution >= 0.6 is 0 Å². The van der Waals surface area contributed by atoms with Crippen molar-refractivity contribution >= 4 is 6.03 Å². The maximum atomic E-state index is 12.3. The Kier molecular flexibility index (Phi) is 4.64. The predicted molar refractivity (Wildman–Crippen MR) is 83.6 cm³/mol. The quantitative estimate of drug-likeness (QED) is 0.799. The molecule has 120 valence electrons. The minimum Gasteiger partial charge on any atom is -0.390 e. The largest absolute Gasteiger partial charge is 0.390 e. The highest BCUT2D eigenvalue weighted by Crippen LogP contribution is 2.31. The molecule has 2 aliphatic rings. The summed E-state index contributed by atoms with van der Waals surface area (Å²) < 4.78 is 5.46. The van der Waals surface area contributed by atoms with Gasteiger partial charge in [-0.05, 0) is 24.0 Å². The van der Waals surface area contributed by atoms with Crippen molar-refractivity contribution in [2.45, 2.75) is 56.4 Å². The van der Waals surface area contributed by atoms with E-state index in [-0.39, 0.29) is 24.2 Å². The van der Waals surface area contributed by atoms with Crippen LogP contribution in [0.4, 0.5) is 4.79 Å². The highest BCUT2D eigenvalue weighted by Gasteiger charge is 2.33. The Morgan fingerprint density at radius 3 is 2.82 bits per heavy atom. The summed E-state index contributed by atoms with van der Waals surface area (Å²) in [7, 11) is 1.69.